The second kappa shape index (κ2) is 3.24. The highest BCUT2D eigenvalue weighted by atomic mass is 16.4. The summed E-state index contributed by atoms with van der Waals surface area (Å²) in [4.78, 5) is 10.8. The molecule has 1 unspecified atom stereocenters. The van der Waals surface area contributed by atoms with Crippen LogP contribution in [0, 0.1) is 17.8 Å². The molecule has 1 fully saturated rings. The summed E-state index contributed by atoms with van der Waals surface area (Å²) in [5.41, 5.74) is 0. The second-order valence-corrected chi connectivity index (χ2v) is 3.80. The van der Waals surface area contributed by atoms with Gasteiger partial charge in [0.05, 0.1) is 5.92 Å². The largest absolute Gasteiger partial charge is 0.481 e. The summed E-state index contributed by atoms with van der Waals surface area (Å²) in [7, 11) is 0. The zero-order valence-electron chi connectivity index (χ0n) is 7.21. The van der Waals surface area contributed by atoms with Crippen LogP contribution in [0.25, 0.3) is 0 Å². The van der Waals surface area contributed by atoms with E-state index in [0.717, 1.165) is 12.8 Å². The van der Waals surface area contributed by atoms with Crippen molar-refractivity contribution in [1.29, 1.82) is 0 Å². The Labute approximate surface area is 67.6 Å². The third-order valence-corrected chi connectivity index (χ3v) is 2.66. The summed E-state index contributed by atoms with van der Waals surface area (Å²) >= 11 is 0. The molecule has 0 saturated heterocycles. The Balaban J connectivity index is 2.51. The molecule has 1 atom stereocenters. The molecule has 64 valence electrons. The van der Waals surface area contributed by atoms with Crippen LogP contribution in [0.2, 0.25) is 0 Å². The summed E-state index contributed by atoms with van der Waals surface area (Å²) in [6, 6.07) is 0. The fraction of sp³-hybridized carbons (Fsp3) is 0.889. The maximum absolute atomic E-state index is 10.8. The number of rotatable bonds is 3. The minimum atomic E-state index is -0.607. The number of aliphatic carboxylic acids is 1. The van der Waals surface area contributed by atoms with Crippen LogP contribution < -0.4 is 0 Å². The average Bonchev–Trinajstić information content (AvgIpc) is 1.75. The fourth-order valence-corrected chi connectivity index (χ4v) is 1.83. The molecule has 0 amide bonds. The van der Waals surface area contributed by atoms with Crippen molar-refractivity contribution in [2.24, 2.45) is 17.8 Å². The highest BCUT2D eigenvalue weighted by Crippen LogP contribution is 2.37. The highest BCUT2D eigenvalue weighted by Gasteiger charge is 2.34. The third-order valence-electron chi connectivity index (χ3n) is 2.66. The van der Waals surface area contributed by atoms with Crippen molar-refractivity contribution in [3.8, 4) is 0 Å². The Morgan fingerprint density at radius 2 is 2.00 bits per heavy atom. The Bertz CT molecular complexity index is 148. The quantitative estimate of drug-likeness (QED) is 0.679. The lowest BCUT2D eigenvalue weighted by Crippen LogP contribution is -2.32. The van der Waals surface area contributed by atoms with Gasteiger partial charge in [-0.25, -0.2) is 0 Å². The minimum absolute atomic E-state index is 0.0938. The molecule has 1 aliphatic rings. The van der Waals surface area contributed by atoms with Crippen LogP contribution in [0.1, 0.15) is 33.1 Å². The summed E-state index contributed by atoms with van der Waals surface area (Å²) in [6.07, 6.45) is 3.46. The van der Waals surface area contributed by atoms with Gasteiger partial charge in [-0.15, -0.1) is 0 Å². The molecule has 0 radical (unpaired) electrons. The maximum Gasteiger partial charge on any atom is 0.307 e. The molecular formula is C9H16O2. The van der Waals surface area contributed by atoms with Gasteiger partial charge in [-0.3, -0.25) is 4.79 Å². The van der Waals surface area contributed by atoms with Crippen molar-refractivity contribution in [2.45, 2.75) is 33.1 Å². The fourth-order valence-electron chi connectivity index (χ4n) is 1.83. The van der Waals surface area contributed by atoms with Gasteiger partial charge in [0.25, 0.3) is 0 Å². The van der Waals surface area contributed by atoms with Gasteiger partial charge in [0.2, 0.25) is 0 Å². The molecule has 0 bridgehead atoms. The van der Waals surface area contributed by atoms with E-state index >= 15 is 0 Å². The summed E-state index contributed by atoms with van der Waals surface area (Å²) < 4.78 is 0. The topological polar surface area (TPSA) is 37.3 Å². The normalized spacial score (nSPS) is 21.4. The molecule has 0 heterocycles. The lowest BCUT2D eigenvalue weighted by atomic mass is 9.71. The molecule has 0 aliphatic heterocycles. The second-order valence-electron chi connectivity index (χ2n) is 3.80. The molecule has 1 rings (SSSR count). The van der Waals surface area contributed by atoms with Crippen molar-refractivity contribution in [2.75, 3.05) is 0 Å². The number of carbonyl (C=O) groups is 1. The van der Waals surface area contributed by atoms with Gasteiger partial charge in [-0.2, -0.15) is 0 Å². The van der Waals surface area contributed by atoms with E-state index in [1.807, 2.05) is 13.8 Å². The Hall–Kier alpha value is -0.530. The van der Waals surface area contributed by atoms with Crippen molar-refractivity contribution in [3.05, 3.63) is 0 Å². The average molecular weight is 156 g/mol. The molecule has 0 aromatic carbocycles. The van der Waals surface area contributed by atoms with Crippen molar-refractivity contribution in [3.63, 3.8) is 0 Å². The first-order valence-corrected chi connectivity index (χ1v) is 4.35. The monoisotopic (exact) mass is 156 g/mol. The van der Waals surface area contributed by atoms with Crippen molar-refractivity contribution >= 4 is 5.97 Å². The van der Waals surface area contributed by atoms with Crippen molar-refractivity contribution < 1.29 is 9.90 Å². The van der Waals surface area contributed by atoms with Crippen LogP contribution in [0.5, 0.6) is 0 Å². The minimum Gasteiger partial charge on any atom is -0.481 e. The molecule has 0 spiro atoms. The predicted molar refractivity (Wildman–Crippen MR) is 43.3 cm³/mol. The van der Waals surface area contributed by atoms with E-state index in [1.165, 1.54) is 6.42 Å². The van der Waals surface area contributed by atoms with Crippen molar-refractivity contribution in [1.82, 2.24) is 0 Å². The van der Waals surface area contributed by atoms with E-state index < -0.39 is 5.97 Å². The van der Waals surface area contributed by atoms with Crippen LogP contribution >= 0.6 is 0 Å². The van der Waals surface area contributed by atoms with Gasteiger partial charge in [-0.1, -0.05) is 20.3 Å². The molecule has 11 heavy (non-hydrogen) atoms. The van der Waals surface area contributed by atoms with E-state index in [0.29, 0.717) is 5.92 Å². The highest BCUT2D eigenvalue weighted by molar-refractivity contribution is 5.70. The summed E-state index contributed by atoms with van der Waals surface area (Å²) in [6.45, 7) is 3.99. The van der Waals surface area contributed by atoms with Crippen LogP contribution in [-0.4, -0.2) is 11.1 Å². The Morgan fingerprint density at radius 3 is 2.09 bits per heavy atom. The van der Waals surface area contributed by atoms with Gasteiger partial charge in [-0.05, 0) is 24.7 Å². The van der Waals surface area contributed by atoms with Crippen LogP contribution in [0.4, 0.5) is 0 Å². The molecule has 2 nitrogen and oxygen atoms in total. The van der Waals surface area contributed by atoms with E-state index in [4.69, 9.17) is 5.11 Å². The van der Waals surface area contributed by atoms with E-state index in [-0.39, 0.29) is 11.8 Å². The van der Waals surface area contributed by atoms with Gasteiger partial charge in [0.15, 0.2) is 0 Å². The molecule has 1 aliphatic carbocycles. The Kier molecular flexibility index (Phi) is 2.53. The van der Waals surface area contributed by atoms with Crippen LogP contribution in [0.15, 0.2) is 0 Å². The molecular weight excluding hydrogens is 140 g/mol. The summed E-state index contributed by atoms with van der Waals surface area (Å²) in [5.74, 6) is 0.0544. The van der Waals surface area contributed by atoms with Crippen LogP contribution in [-0.2, 0) is 4.79 Å². The van der Waals surface area contributed by atoms with E-state index in [2.05, 4.69) is 0 Å². The number of carboxylic acids is 1. The zero-order chi connectivity index (χ0) is 8.43. The van der Waals surface area contributed by atoms with Gasteiger partial charge in [0, 0.05) is 0 Å². The zero-order valence-corrected chi connectivity index (χ0v) is 7.21. The number of hydrogen-bond acceptors (Lipinski definition) is 1. The SMILES string of the molecule is CC(C)C(C(=O)O)C1CCC1. The first kappa shape index (κ1) is 8.57. The van der Waals surface area contributed by atoms with E-state index in [9.17, 15) is 4.79 Å². The van der Waals surface area contributed by atoms with Crippen LogP contribution in [0.3, 0.4) is 0 Å². The summed E-state index contributed by atoms with van der Waals surface area (Å²) in [5, 5.41) is 8.88. The maximum atomic E-state index is 10.8. The lowest BCUT2D eigenvalue weighted by molar-refractivity contribution is -0.147. The molecule has 1 N–H and O–H groups in total. The third kappa shape index (κ3) is 1.73. The smallest absolute Gasteiger partial charge is 0.307 e. The molecule has 0 aromatic heterocycles. The first-order chi connectivity index (χ1) is 5.13. The lowest BCUT2D eigenvalue weighted by Gasteiger charge is -2.33. The molecule has 0 aromatic rings. The van der Waals surface area contributed by atoms with Gasteiger partial charge in [0.1, 0.15) is 0 Å². The molecule has 2 heteroatoms. The Morgan fingerprint density at radius 1 is 1.45 bits per heavy atom. The first-order valence-electron chi connectivity index (χ1n) is 4.35. The number of carboxylic acid groups (broad SMARTS) is 1. The van der Waals surface area contributed by atoms with Gasteiger partial charge < -0.3 is 5.11 Å². The number of hydrogen-bond donors (Lipinski definition) is 1. The standard InChI is InChI=1S/C9H16O2/c1-6(2)8(9(10)11)7-4-3-5-7/h6-8H,3-5H2,1-2H3,(H,10,11). The van der Waals surface area contributed by atoms with Gasteiger partial charge >= 0.3 is 5.97 Å². The van der Waals surface area contributed by atoms with E-state index in [1.54, 1.807) is 0 Å². The predicted octanol–water partition coefficient (Wildman–Crippen LogP) is 2.14. The molecule has 1 saturated carbocycles.